The number of carbonyl (C=O) groups excluding carboxylic acids is 3. The van der Waals surface area contributed by atoms with Crippen LogP contribution in [-0.4, -0.2) is 87.6 Å². The van der Waals surface area contributed by atoms with Crippen molar-refractivity contribution in [3.63, 3.8) is 0 Å². The van der Waals surface area contributed by atoms with Gasteiger partial charge in [-0.05, 0) is 53.1 Å². The first-order valence-corrected chi connectivity index (χ1v) is 17.1. The molecule has 1 aliphatic heterocycles. The Morgan fingerprint density at radius 1 is 0.648 bits per heavy atom. The highest BCUT2D eigenvalue weighted by Gasteiger charge is 2.53. The standard InChI is InChI=1S/C41H42O13/c1-26(42)51-38-37(53-35(45)24-23-34(43)44)36(54-39(46)27-11-7-5-8-12-27)33(52-40(38)49-4)25-50-41(28-13-9-6-10-14-28,29-15-19-31(47-2)20-16-29)30-17-21-32(48-3)22-18-30/h5-22,33,36-38,40H,23-25H2,1-4H3,(H,43,44)/t33-,36+,37+,38-,40+/m1/s1. The van der Waals surface area contributed by atoms with Crippen LogP contribution in [0.4, 0.5) is 0 Å². The summed E-state index contributed by atoms with van der Waals surface area (Å²) >= 11 is 0. The van der Waals surface area contributed by atoms with Gasteiger partial charge in [-0.25, -0.2) is 4.79 Å². The molecule has 0 amide bonds. The van der Waals surface area contributed by atoms with Gasteiger partial charge in [0.15, 0.2) is 24.6 Å². The first-order valence-electron chi connectivity index (χ1n) is 17.1. The zero-order valence-corrected chi connectivity index (χ0v) is 30.2. The highest BCUT2D eigenvalue weighted by atomic mass is 16.7. The van der Waals surface area contributed by atoms with Gasteiger partial charge in [-0.15, -0.1) is 0 Å². The second kappa shape index (κ2) is 18.3. The van der Waals surface area contributed by atoms with E-state index in [1.165, 1.54) is 7.11 Å². The molecule has 54 heavy (non-hydrogen) atoms. The fraction of sp³-hybridized carbons (Fsp3) is 0.317. The van der Waals surface area contributed by atoms with Crippen LogP contribution in [0.2, 0.25) is 0 Å². The molecule has 1 heterocycles. The number of benzene rings is 4. The number of carboxylic acid groups (broad SMARTS) is 1. The Hall–Kier alpha value is -5.76. The molecule has 13 nitrogen and oxygen atoms in total. The summed E-state index contributed by atoms with van der Waals surface area (Å²) in [4.78, 5) is 50.5. The van der Waals surface area contributed by atoms with Crippen molar-refractivity contribution in [2.75, 3.05) is 27.9 Å². The van der Waals surface area contributed by atoms with Crippen LogP contribution >= 0.6 is 0 Å². The third kappa shape index (κ3) is 9.23. The van der Waals surface area contributed by atoms with E-state index in [9.17, 15) is 24.3 Å². The summed E-state index contributed by atoms with van der Waals surface area (Å²) in [5, 5.41) is 9.23. The maximum atomic E-state index is 13.7. The van der Waals surface area contributed by atoms with Crippen molar-refractivity contribution in [3.05, 3.63) is 131 Å². The quantitative estimate of drug-likeness (QED) is 0.0893. The molecule has 0 unspecified atom stereocenters. The molecular formula is C41H42O13. The van der Waals surface area contributed by atoms with E-state index >= 15 is 0 Å². The predicted molar refractivity (Wildman–Crippen MR) is 192 cm³/mol. The van der Waals surface area contributed by atoms with Crippen LogP contribution in [-0.2, 0) is 48.4 Å². The lowest BCUT2D eigenvalue weighted by molar-refractivity contribution is -0.303. The smallest absolute Gasteiger partial charge is 0.338 e. The molecule has 0 radical (unpaired) electrons. The summed E-state index contributed by atoms with van der Waals surface area (Å²) in [7, 11) is 4.44. The highest BCUT2D eigenvalue weighted by molar-refractivity contribution is 5.89. The molecule has 4 aromatic carbocycles. The topological polar surface area (TPSA) is 162 Å². The third-order valence-corrected chi connectivity index (χ3v) is 8.83. The Labute approximate surface area is 312 Å². The van der Waals surface area contributed by atoms with Crippen LogP contribution in [0, 0.1) is 0 Å². The van der Waals surface area contributed by atoms with Gasteiger partial charge in [-0.1, -0.05) is 72.8 Å². The number of hydrogen-bond donors (Lipinski definition) is 1. The zero-order chi connectivity index (χ0) is 38.7. The summed E-state index contributed by atoms with van der Waals surface area (Å²) in [5.74, 6) is -2.48. The molecule has 1 saturated heterocycles. The van der Waals surface area contributed by atoms with E-state index in [0.29, 0.717) is 22.6 Å². The van der Waals surface area contributed by atoms with Gasteiger partial charge < -0.3 is 43.0 Å². The van der Waals surface area contributed by atoms with Crippen LogP contribution in [0.5, 0.6) is 11.5 Å². The minimum absolute atomic E-state index is 0.182. The molecule has 0 saturated carbocycles. The molecule has 1 fully saturated rings. The SMILES string of the molecule is COc1ccc(C(OC[C@H]2O[C@H](OC)[C@H](OC(C)=O)[C@@H](OC(=O)CCC(=O)O)[C@H]2OC(=O)c2ccccc2)(c2ccccc2)c2ccc(OC)cc2)cc1. The molecule has 1 aliphatic rings. The number of methoxy groups -OCH3 is 3. The molecular weight excluding hydrogens is 700 g/mol. The molecule has 1 N–H and O–H groups in total. The van der Waals surface area contributed by atoms with Gasteiger partial charge in [0.25, 0.3) is 0 Å². The summed E-state index contributed by atoms with van der Waals surface area (Å²) in [6, 6.07) is 32.2. The van der Waals surface area contributed by atoms with Crippen molar-refractivity contribution in [1.82, 2.24) is 0 Å². The van der Waals surface area contributed by atoms with E-state index in [1.807, 2.05) is 54.6 Å². The molecule has 5 rings (SSSR count). The number of ether oxygens (including phenoxy) is 8. The van der Waals surface area contributed by atoms with Gasteiger partial charge in [0.2, 0.25) is 0 Å². The molecule has 284 valence electrons. The van der Waals surface area contributed by atoms with E-state index in [1.54, 1.807) is 68.8 Å². The minimum atomic E-state index is -1.51. The number of carboxylic acids is 1. The van der Waals surface area contributed by atoms with Crippen molar-refractivity contribution >= 4 is 23.9 Å². The summed E-state index contributed by atoms with van der Waals surface area (Å²) in [6.45, 7) is 0.837. The van der Waals surface area contributed by atoms with Crippen LogP contribution in [0.25, 0.3) is 0 Å². The molecule has 0 aromatic heterocycles. The Bertz CT molecular complexity index is 1800. The Kier molecular flexibility index (Phi) is 13.4. The second-order valence-corrected chi connectivity index (χ2v) is 12.3. The van der Waals surface area contributed by atoms with Crippen molar-refractivity contribution < 1.29 is 62.2 Å². The second-order valence-electron chi connectivity index (χ2n) is 12.3. The summed E-state index contributed by atoms with van der Waals surface area (Å²) in [5.41, 5.74) is 0.977. The van der Waals surface area contributed by atoms with Crippen LogP contribution in [0.3, 0.4) is 0 Å². The third-order valence-electron chi connectivity index (χ3n) is 8.83. The normalized spacial score (nSPS) is 19.6. The fourth-order valence-corrected chi connectivity index (χ4v) is 6.26. The van der Waals surface area contributed by atoms with Crippen molar-refractivity contribution in [1.29, 1.82) is 0 Å². The average Bonchev–Trinajstić information content (AvgIpc) is 3.20. The van der Waals surface area contributed by atoms with E-state index in [0.717, 1.165) is 12.5 Å². The van der Waals surface area contributed by atoms with Gasteiger partial charge in [0, 0.05) is 14.0 Å². The lowest BCUT2D eigenvalue weighted by Gasteiger charge is -2.45. The largest absolute Gasteiger partial charge is 0.497 e. The number of carbonyl (C=O) groups is 4. The predicted octanol–water partition coefficient (Wildman–Crippen LogP) is 5.32. The van der Waals surface area contributed by atoms with Gasteiger partial charge in [0.1, 0.15) is 23.2 Å². The number of rotatable bonds is 16. The molecule has 0 bridgehead atoms. The van der Waals surface area contributed by atoms with E-state index in [4.69, 9.17) is 37.9 Å². The van der Waals surface area contributed by atoms with Gasteiger partial charge in [-0.3, -0.25) is 14.4 Å². The fourth-order valence-electron chi connectivity index (χ4n) is 6.26. The van der Waals surface area contributed by atoms with Crippen molar-refractivity contribution in [3.8, 4) is 11.5 Å². The minimum Gasteiger partial charge on any atom is -0.497 e. The zero-order valence-electron chi connectivity index (χ0n) is 30.2. The summed E-state index contributed by atoms with van der Waals surface area (Å²) in [6.07, 6.45) is -7.98. The molecule has 4 aromatic rings. The lowest BCUT2D eigenvalue weighted by Crippen LogP contribution is -2.63. The van der Waals surface area contributed by atoms with Crippen molar-refractivity contribution in [2.45, 2.75) is 56.1 Å². The van der Waals surface area contributed by atoms with Gasteiger partial charge >= 0.3 is 23.9 Å². The first kappa shape index (κ1) is 39.4. The number of esters is 3. The van der Waals surface area contributed by atoms with Crippen LogP contribution in [0.15, 0.2) is 109 Å². The Morgan fingerprint density at radius 2 is 1.19 bits per heavy atom. The molecule has 0 aliphatic carbocycles. The van der Waals surface area contributed by atoms with Crippen molar-refractivity contribution in [2.24, 2.45) is 0 Å². The maximum Gasteiger partial charge on any atom is 0.338 e. The van der Waals surface area contributed by atoms with E-state index in [2.05, 4.69) is 0 Å². The molecule has 13 heteroatoms. The monoisotopic (exact) mass is 742 g/mol. The van der Waals surface area contributed by atoms with E-state index < -0.39 is 73.0 Å². The van der Waals surface area contributed by atoms with E-state index in [-0.39, 0.29) is 12.2 Å². The molecule has 0 spiro atoms. The highest BCUT2D eigenvalue weighted by Crippen LogP contribution is 2.43. The first-order chi connectivity index (χ1) is 26.1. The lowest BCUT2D eigenvalue weighted by atomic mass is 9.80. The Morgan fingerprint density at radius 3 is 1.69 bits per heavy atom. The van der Waals surface area contributed by atoms with Crippen LogP contribution < -0.4 is 9.47 Å². The number of hydrogen-bond acceptors (Lipinski definition) is 12. The maximum absolute atomic E-state index is 13.7. The van der Waals surface area contributed by atoms with Gasteiger partial charge in [-0.2, -0.15) is 0 Å². The molecule has 5 atom stereocenters. The Balaban J connectivity index is 1.64. The summed E-state index contributed by atoms with van der Waals surface area (Å²) < 4.78 is 47.3. The average molecular weight is 743 g/mol. The number of aliphatic carboxylic acids is 1. The van der Waals surface area contributed by atoms with Crippen LogP contribution in [0.1, 0.15) is 46.8 Å². The van der Waals surface area contributed by atoms with Gasteiger partial charge in [0.05, 0.1) is 39.2 Å².